The molecule has 0 spiro atoms. The van der Waals surface area contributed by atoms with E-state index < -0.39 is 11.6 Å². The molecular weight excluding hydrogens is 181 g/mol. The van der Waals surface area contributed by atoms with E-state index >= 15 is 0 Å². The monoisotopic (exact) mass is 183 g/mol. The molecule has 0 unspecified atom stereocenters. The zero-order valence-electron chi connectivity index (χ0n) is 4.70. The van der Waals surface area contributed by atoms with Gasteiger partial charge in [-0.05, 0) is 12.1 Å². The summed E-state index contributed by atoms with van der Waals surface area (Å²) in [5.41, 5.74) is 0. The lowest BCUT2D eigenvalue weighted by atomic mass is 10.3. The lowest BCUT2D eigenvalue weighted by Crippen LogP contribution is -1.78. The molecule has 1 rings (SSSR count). The Hall–Kier alpha value is -0.340. The molecule has 0 fully saturated rings. The predicted octanol–water partition coefficient (Wildman–Crippen LogP) is 2.84. The number of benzene rings is 1. The van der Waals surface area contributed by atoms with Crippen molar-refractivity contribution in [1.29, 1.82) is 0 Å². The van der Waals surface area contributed by atoms with Gasteiger partial charge in [0, 0.05) is 6.07 Å². The first-order chi connectivity index (χ1) is 4.20. The van der Waals surface area contributed by atoms with Crippen molar-refractivity contribution in [2.75, 3.05) is 0 Å². The third-order valence-electron chi connectivity index (χ3n) is 0.818. The number of hydrogen-bond donors (Lipinski definition) is 0. The molecule has 0 amide bonds. The predicted molar refractivity (Wildman–Crippen MR) is 37.5 cm³/mol. The molecule has 1 aromatic carbocycles. The molecule has 1 radical (unpaired) electrons. The van der Waals surface area contributed by atoms with Gasteiger partial charge < -0.3 is 0 Å². The first-order valence-corrected chi connectivity index (χ1v) is 2.60. The van der Waals surface area contributed by atoms with Crippen LogP contribution >= 0.6 is 24.0 Å². The van der Waals surface area contributed by atoms with E-state index in [1.807, 2.05) is 6.07 Å². The summed E-state index contributed by atoms with van der Waals surface area (Å²) < 4.78 is 24.2. The topological polar surface area (TPSA) is 0 Å². The molecule has 0 aliphatic heterocycles. The summed E-state index contributed by atoms with van der Waals surface area (Å²) >= 11 is 5.18. The van der Waals surface area contributed by atoms with Crippen molar-refractivity contribution in [1.82, 2.24) is 0 Å². The van der Waals surface area contributed by atoms with Crippen LogP contribution in [0.2, 0.25) is 5.02 Å². The first kappa shape index (κ1) is 9.66. The number of halogens is 4. The molecule has 0 aliphatic rings. The minimum Gasteiger partial charge on any atom is -0.206 e. The van der Waals surface area contributed by atoms with E-state index in [-0.39, 0.29) is 17.4 Å². The quantitative estimate of drug-likeness (QED) is 0.543. The highest BCUT2D eigenvalue weighted by molar-refractivity contribution is 6.30. The lowest BCUT2D eigenvalue weighted by molar-refractivity contribution is 0.598. The minimum atomic E-state index is -0.655. The molecule has 0 nitrogen and oxygen atoms in total. The van der Waals surface area contributed by atoms with Crippen molar-refractivity contribution in [3.05, 3.63) is 34.9 Å². The number of rotatable bonds is 0. The molecule has 0 N–H and O–H groups in total. The van der Waals surface area contributed by atoms with Crippen molar-refractivity contribution in [3.8, 4) is 0 Å². The van der Waals surface area contributed by atoms with E-state index in [4.69, 9.17) is 11.6 Å². The average Bonchev–Trinajstić information content (AvgIpc) is 1.80. The van der Waals surface area contributed by atoms with Crippen LogP contribution < -0.4 is 0 Å². The van der Waals surface area contributed by atoms with Crippen LogP contribution in [-0.4, -0.2) is 0 Å². The van der Waals surface area contributed by atoms with Gasteiger partial charge in [-0.25, -0.2) is 8.78 Å². The van der Waals surface area contributed by atoms with Crippen molar-refractivity contribution < 1.29 is 8.78 Å². The van der Waals surface area contributed by atoms with Crippen LogP contribution in [0.4, 0.5) is 8.78 Å². The van der Waals surface area contributed by atoms with Crippen molar-refractivity contribution >= 4 is 24.0 Å². The average molecular weight is 184 g/mol. The summed E-state index contributed by atoms with van der Waals surface area (Å²) in [7, 11) is 0. The van der Waals surface area contributed by atoms with Crippen LogP contribution in [0.5, 0.6) is 0 Å². The summed E-state index contributed by atoms with van der Waals surface area (Å²) in [6.07, 6.45) is 0. The summed E-state index contributed by atoms with van der Waals surface area (Å²) in [6, 6.07) is 3.74. The SMILES string of the molecule is Cl.Fc1[c]cc(F)c(Cl)c1. The highest BCUT2D eigenvalue weighted by Crippen LogP contribution is 2.13. The number of hydrogen-bond acceptors (Lipinski definition) is 0. The van der Waals surface area contributed by atoms with Gasteiger partial charge in [-0.3, -0.25) is 0 Å². The van der Waals surface area contributed by atoms with Gasteiger partial charge in [-0.1, -0.05) is 11.6 Å². The third-order valence-corrected chi connectivity index (χ3v) is 1.11. The van der Waals surface area contributed by atoms with Gasteiger partial charge in [-0.2, -0.15) is 0 Å². The van der Waals surface area contributed by atoms with Crippen LogP contribution in [0.25, 0.3) is 0 Å². The fourth-order valence-corrected chi connectivity index (χ4v) is 0.573. The van der Waals surface area contributed by atoms with Crippen LogP contribution in [0.3, 0.4) is 0 Å². The molecule has 4 heteroatoms. The van der Waals surface area contributed by atoms with E-state index in [9.17, 15) is 8.78 Å². The van der Waals surface area contributed by atoms with Gasteiger partial charge in [-0.15, -0.1) is 12.4 Å². The summed E-state index contributed by atoms with van der Waals surface area (Å²) in [5, 5.41) is -0.216. The molecule has 10 heavy (non-hydrogen) atoms. The molecule has 55 valence electrons. The van der Waals surface area contributed by atoms with Crippen LogP contribution in [0.15, 0.2) is 12.1 Å². The molecule has 0 aromatic heterocycles. The van der Waals surface area contributed by atoms with Gasteiger partial charge in [0.05, 0.1) is 5.02 Å². The highest BCUT2D eigenvalue weighted by atomic mass is 35.5. The van der Waals surface area contributed by atoms with Crippen molar-refractivity contribution in [3.63, 3.8) is 0 Å². The molecule has 0 heterocycles. The second-order valence-corrected chi connectivity index (χ2v) is 1.88. The molecule has 0 aliphatic carbocycles. The summed E-state index contributed by atoms with van der Waals surface area (Å²) in [5.74, 6) is -1.31. The van der Waals surface area contributed by atoms with Gasteiger partial charge >= 0.3 is 0 Å². The van der Waals surface area contributed by atoms with Gasteiger partial charge in [0.1, 0.15) is 11.6 Å². The van der Waals surface area contributed by atoms with Crippen LogP contribution in [0, 0.1) is 17.7 Å². The Kier molecular flexibility index (Phi) is 3.61. The Morgan fingerprint density at radius 1 is 1.40 bits per heavy atom. The molecule has 1 aromatic rings. The minimum absolute atomic E-state index is 0. The Balaban J connectivity index is 0.000000810. The Bertz CT molecular complexity index is 225. The van der Waals surface area contributed by atoms with Crippen LogP contribution in [-0.2, 0) is 0 Å². The van der Waals surface area contributed by atoms with Gasteiger partial charge in [0.15, 0.2) is 0 Å². The lowest BCUT2D eigenvalue weighted by Gasteiger charge is -1.89. The fourth-order valence-electron chi connectivity index (χ4n) is 0.423. The third kappa shape index (κ3) is 2.12. The maximum atomic E-state index is 12.2. The Labute approximate surface area is 68.2 Å². The Morgan fingerprint density at radius 3 is 2.40 bits per heavy atom. The van der Waals surface area contributed by atoms with Crippen LogP contribution in [0.1, 0.15) is 0 Å². The fraction of sp³-hybridized carbons (Fsp3) is 0. The standard InChI is InChI=1S/C6H2ClF2.ClH/c7-5-3-4(8)1-2-6(5)9;/h2-3H;1H. The summed E-state index contributed by atoms with van der Waals surface area (Å²) in [4.78, 5) is 0. The van der Waals surface area contributed by atoms with Crippen molar-refractivity contribution in [2.45, 2.75) is 0 Å². The second-order valence-electron chi connectivity index (χ2n) is 1.48. The molecule has 0 atom stereocenters. The normalized spacial score (nSPS) is 8.70. The van der Waals surface area contributed by atoms with E-state index in [2.05, 4.69) is 0 Å². The molecule has 0 bridgehead atoms. The maximum Gasteiger partial charge on any atom is 0.142 e. The molecular formula is C6H3Cl2F2. The van der Waals surface area contributed by atoms with Crippen molar-refractivity contribution in [2.24, 2.45) is 0 Å². The van der Waals surface area contributed by atoms with E-state index in [1.54, 1.807) is 0 Å². The second kappa shape index (κ2) is 3.74. The van der Waals surface area contributed by atoms with E-state index in [0.717, 1.165) is 12.1 Å². The first-order valence-electron chi connectivity index (χ1n) is 2.22. The van der Waals surface area contributed by atoms with Gasteiger partial charge in [0.2, 0.25) is 0 Å². The highest BCUT2D eigenvalue weighted by Gasteiger charge is 1.98. The molecule has 0 saturated carbocycles. The van der Waals surface area contributed by atoms with E-state index in [1.165, 1.54) is 0 Å². The largest absolute Gasteiger partial charge is 0.206 e. The summed E-state index contributed by atoms with van der Waals surface area (Å²) in [6.45, 7) is 0. The van der Waals surface area contributed by atoms with E-state index in [0.29, 0.717) is 0 Å². The zero-order chi connectivity index (χ0) is 6.85. The maximum absolute atomic E-state index is 12.2. The van der Waals surface area contributed by atoms with Gasteiger partial charge in [0.25, 0.3) is 0 Å². The molecule has 0 saturated heterocycles. The smallest absolute Gasteiger partial charge is 0.142 e. The Morgan fingerprint density at radius 2 is 2.00 bits per heavy atom. The zero-order valence-corrected chi connectivity index (χ0v) is 6.27.